The van der Waals surface area contributed by atoms with Gasteiger partial charge in [-0.15, -0.1) is 0 Å². The molecule has 3 nitrogen and oxygen atoms in total. The van der Waals surface area contributed by atoms with Crippen LogP contribution in [0.4, 0.5) is 10.1 Å². The summed E-state index contributed by atoms with van der Waals surface area (Å²) in [4.78, 5) is 11.6. The monoisotopic (exact) mass is 293 g/mol. The lowest BCUT2D eigenvalue weighted by atomic mass is 9.78. The van der Waals surface area contributed by atoms with E-state index in [4.69, 9.17) is 0 Å². The van der Waals surface area contributed by atoms with Crippen molar-refractivity contribution in [3.05, 3.63) is 29.6 Å². The van der Waals surface area contributed by atoms with Crippen molar-refractivity contribution in [3.8, 4) is 0 Å². The second kappa shape index (κ2) is 6.92. The second-order valence-corrected chi connectivity index (χ2v) is 6.13. The van der Waals surface area contributed by atoms with Crippen molar-refractivity contribution in [2.75, 3.05) is 12.4 Å². The van der Waals surface area contributed by atoms with E-state index in [0.29, 0.717) is 17.9 Å². The van der Waals surface area contributed by atoms with E-state index in [1.807, 2.05) is 0 Å². The molecule has 1 N–H and O–H groups in total. The van der Waals surface area contributed by atoms with Gasteiger partial charge < -0.3 is 10.1 Å². The highest BCUT2D eigenvalue weighted by molar-refractivity contribution is 5.90. The standard InChI is InChI=1S/C17H24FNO2/c1-11(2)13-6-4-5-7-16(13)19-12-8-9-15(18)14(10-12)17(20)21-3/h8-11,13,16,19H,4-7H2,1-3H3. The third-order valence-corrected chi connectivity index (χ3v) is 4.40. The largest absolute Gasteiger partial charge is 0.465 e. The maximum atomic E-state index is 13.7. The third kappa shape index (κ3) is 3.74. The van der Waals surface area contributed by atoms with Gasteiger partial charge in [0.25, 0.3) is 0 Å². The zero-order chi connectivity index (χ0) is 15.4. The fourth-order valence-corrected chi connectivity index (χ4v) is 3.23. The Hall–Kier alpha value is -1.58. The number of nitrogens with one attached hydrogen (secondary N) is 1. The van der Waals surface area contributed by atoms with Crippen molar-refractivity contribution in [1.82, 2.24) is 0 Å². The van der Waals surface area contributed by atoms with E-state index in [9.17, 15) is 9.18 Å². The minimum Gasteiger partial charge on any atom is -0.465 e. The normalized spacial score (nSPS) is 22.1. The molecule has 0 heterocycles. The number of methoxy groups -OCH3 is 1. The van der Waals surface area contributed by atoms with Gasteiger partial charge in [-0.25, -0.2) is 9.18 Å². The first-order valence-electron chi connectivity index (χ1n) is 7.67. The van der Waals surface area contributed by atoms with Gasteiger partial charge in [-0.3, -0.25) is 0 Å². The lowest BCUT2D eigenvalue weighted by molar-refractivity contribution is 0.0595. The predicted molar refractivity (Wildman–Crippen MR) is 81.9 cm³/mol. The number of esters is 1. The van der Waals surface area contributed by atoms with Crippen LogP contribution in [0, 0.1) is 17.7 Å². The SMILES string of the molecule is COC(=O)c1cc(NC2CCCCC2C(C)C)ccc1F. The zero-order valence-corrected chi connectivity index (χ0v) is 13.0. The van der Waals surface area contributed by atoms with Gasteiger partial charge in [-0.05, 0) is 42.9 Å². The summed E-state index contributed by atoms with van der Waals surface area (Å²) in [6.45, 7) is 4.49. The van der Waals surface area contributed by atoms with Gasteiger partial charge >= 0.3 is 5.97 Å². The van der Waals surface area contributed by atoms with Crippen molar-refractivity contribution in [2.45, 2.75) is 45.6 Å². The highest BCUT2D eigenvalue weighted by Gasteiger charge is 2.27. The van der Waals surface area contributed by atoms with Crippen LogP contribution in [-0.2, 0) is 4.74 Å². The Morgan fingerprint density at radius 3 is 2.71 bits per heavy atom. The lowest BCUT2D eigenvalue weighted by Crippen LogP contribution is -2.35. The molecule has 0 bridgehead atoms. The summed E-state index contributed by atoms with van der Waals surface area (Å²) >= 11 is 0. The van der Waals surface area contributed by atoms with Crippen molar-refractivity contribution in [1.29, 1.82) is 0 Å². The molecule has 116 valence electrons. The highest BCUT2D eigenvalue weighted by atomic mass is 19.1. The molecule has 21 heavy (non-hydrogen) atoms. The first kappa shape index (κ1) is 15.8. The van der Waals surface area contributed by atoms with Crippen molar-refractivity contribution < 1.29 is 13.9 Å². The van der Waals surface area contributed by atoms with E-state index in [0.717, 1.165) is 12.1 Å². The van der Waals surface area contributed by atoms with Crippen LogP contribution in [0.1, 0.15) is 49.9 Å². The Bertz CT molecular complexity index is 502. The van der Waals surface area contributed by atoms with E-state index in [1.165, 1.54) is 32.4 Å². The van der Waals surface area contributed by atoms with Crippen LogP contribution >= 0.6 is 0 Å². The summed E-state index contributed by atoms with van der Waals surface area (Å²) < 4.78 is 18.3. The summed E-state index contributed by atoms with van der Waals surface area (Å²) in [5, 5.41) is 3.48. The molecular formula is C17H24FNO2. The van der Waals surface area contributed by atoms with Gasteiger partial charge in [0.1, 0.15) is 5.82 Å². The van der Waals surface area contributed by atoms with E-state index >= 15 is 0 Å². The Morgan fingerprint density at radius 2 is 2.05 bits per heavy atom. The number of hydrogen-bond donors (Lipinski definition) is 1. The summed E-state index contributed by atoms with van der Waals surface area (Å²) in [5.74, 6) is 0.0466. The van der Waals surface area contributed by atoms with Crippen LogP contribution in [0.5, 0.6) is 0 Å². The van der Waals surface area contributed by atoms with E-state index < -0.39 is 11.8 Å². The molecule has 2 atom stereocenters. The average Bonchev–Trinajstić information content (AvgIpc) is 2.48. The number of carbonyl (C=O) groups is 1. The quantitative estimate of drug-likeness (QED) is 0.844. The second-order valence-electron chi connectivity index (χ2n) is 6.13. The lowest BCUT2D eigenvalue weighted by Gasteiger charge is -2.35. The van der Waals surface area contributed by atoms with Crippen molar-refractivity contribution >= 4 is 11.7 Å². The van der Waals surface area contributed by atoms with E-state index in [-0.39, 0.29) is 5.56 Å². The number of halogens is 1. The Labute approximate surface area is 125 Å². The molecule has 0 saturated heterocycles. The molecule has 1 aromatic carbocycles. The van der Waals surface area contributed by atoms with E-state index in [1.54, 1.807) is 12.1 Å². The van der Waals surface area contributed by atoms with Crippen molar-refractivity contribution in [3.63, 3.8) is 0 Å². The number of ether oxygens (including phenoxy) is 1. The molecular weight excluding hydrogens is 269 g/mol. The third-order valence-electron chi connectivity index (χ3n) is 4.40. The summed E-state index contributed by atoms with van der Waals surface area (Å²) in [6.07, 6.45) is 4.83. The molecule has 1 aliphatic rings. The molecule has 0 aromatic heterocycles. The highest BCUT2D eigenvalue weighted by Crippen LogP contribution is 2.32. The van der Waals surface area contributed by atoms with Crippen LogP contribution in [0.25, 0.3) is 0 Å². The number of benzene rings is 1. The summed E-state index contributed by atoms with van der Waals surface area (Å²) in [7, 11) is 1.26. The molecule has 2 unspecified atom stereocenters. The molecule has 2 rings (SSSR count). The summed E-state index contributed by atoms with van der Waals surface area (Å²) in [6, 6.07) is 4.94. The van der Waals surface area contributed by atoms with Crippen LogP contribution in [0.15, 0.2) is 18.2 Å². The molecule has 0 spiro atoms. The summed E-state index contributed by atoms with van der Waals surface area (Å²) in [5.41, 5.74) is 0.772. The maximum Gasteiger partial charge on any atom is 0.340 e. The molecule has 1 fully saturated rings. The molecule has 1 aliphatic carbocycles. The van der Waals surface area contributed by atoms with Crippen molar-refractivity contribution in [2.24, 2.45) is 11.8 Å². The van der Waals surface area contributed by atoms with Gasteiger partial charge in [0.2, 0.25) is 0 Å². The van der Waals surface area contributed by atoms with Gasteiger partial charge in [0.05, 0.1) is 12.7 Å². The van der Waals surface area contributed by atoms with Gasteiger partial charge in [0, 0.05) is 11.7 Å². The number of hydrogen-bond acceptors (Lipinski definition) is 3. The molecule has 1 aromatic rings. The molecule has 0 amide bonds. The van der Waals surface area contributed by atoms with E-state index in [2.05, 4.69) is 23.9 Å². The van der Waals surface area contributed by atoms with Crippen LogP contribution < -0.4 is 5.32 Å². The van der Waals surface area contributed by atoms with Crippen LogP contribution in [0.3, 0.4) is 0 Å². The van der Waals surface area contributed by atoms with Gasteiger partial charge in [0.15, 0.2) is 0 Å². The Kier molecular flexibility index (Phi) is 5.21. The first-order valence-corrected chi connectivity index (χ1v) is 7.67. The minimum atomic E-state index is -0.639. The van der Waals surface area contributed by atoms with Gasteiger partial charge in [-0.2, -0.15) is 0 Å². The fraction of sp³-hybridized carbons (Fsp3) is 0.588. The first-order chi connectivity index (χ1) is 10.0. The molecule has 0 aliphatic heterocycles. The minimum absolute atomic E-state index is 0.0144. The maximum absolute atomic E-state index is 13.7. The smallest absolute Gasteiger partial charge is 0.340 e. The average molecular weight is 293 g/mol. The fourth-order valence-electron chi connectivity index (χ4n) is 3.23. The molecule has 0 radical (unpaired) electrons. The Balaban J connectivity index is 2.16. The van der Waals surface area contributed by atoms with Crippen LogP contribution in [-0.4, -0.2) is 19.1 Å². The Morgan fingerprint density at radius 1 is 1.33 bits per heavy atom. The van der Waals surface area contributed by atoms with Crippen LogP contribution in [0.2, 0.25) is 0 Å². The zero-order valence-electron chi connectivity index (χ0n) is 13.0. The van der Waals surface area contributed by atoms with Gasteiger partial charge in [-0.1, -0.05) is 26.7 Å². The molecule has 4 heteroatoms. The molecule has 1 saturated carbocycles. The topological polar surface area (TPSA) is 38.3 Å². The predicted octanol–water partition coefficient (Wildman–Crippen LogP) is 4.24. The number of rotatable bonds is 4. The number of carbonyl (C=O) groups excluding carboxylic acids is 1. The number of anilines is 1.